The van der Waals surface area contributed by atoms with Gasteiger partial charge in [-0.2, -0.15) is 0 Å². The molecule has 0 saturated carbocycles. The van der Waals surface area contributed by atoms with Gasteiger partial charge in [0.25, 0.3) is 0 Å². The predicted molar refractivity (Wildman–Crippen MR) is 62.4 cm³/mol. The van der Waals surface area contributed by atoms with E-state index in [4.69, 9.17) is 20.3 Å². The molecule has 1 aromatic carbocycles. The van der Waals surface area contributed by atoms with Gasteiger partial charge < -0.3 is 20.3 Å². The summed E-state index contributed by atoms with van der Waals surface area (Å²) in [6.07, 6.45) is 0.0466. The van der Waals surface area contributed by atoms with Crippen molar-refractivity contribution in [3.63, 3.8) is 0 Å². The number of nitrogens with two attached hydrogens (primary N) is 1. The molecule has 0 fully saturated rings. The van der Waals surface area contributed by atoms with E-state index < -0.39 is 19.4 Å². The van der Waals surface area contributed by atoms with Crippen LogP contribution in [0.4, 0.5) is 5.69 Å². The lowest BCUT2D eigenvalue weighted by Crippen LogP contribution is -2.17. The van der Waals surface area contributed by atoms with E-state index in [0.29, 0.717) is 5.69 Å². The van der Waals surface area contributed by atoms with Crippen molar-refractivity contribution in [1.82, 2.24) is 0 Å². The minimum atomic E-state index is -4.43. The maximum atomic E-state index is 11.6. The highest BCUT2D eigenvalue weighted by atomic mass is 31.2. The maximum Gasteiger partial charge on any atom is 0.365 e. The van der Waals surface area contributed by atoms with E-state index in [-0.39, 0.29) is 12.0 Å². The third-order valence-corrected chi connectivity index (χ3v) is 3.33. The Morgan fingerprint density at radius 2 is 1.94 bits per heavy atom. The van der Waals surface area contributed by atoms with Gasteiger partial charge in [-0.05, 0) is 30.7 Å². The molecule has 7 heteroatoms. The summed E-state index contributed by atoms with van der Waals surface area (Å²) in [5.41, 5.74) is 6.14. The molecule has 0 aliphatic heterocycles. The van der Waals surface area contributed by atoms with Crippen LogP contribution in [0.15, 0.2) is 24.3 Å². The van der Waals surface area contributed by atoms with Crippen LogP contribution in [0.2, 0.25) is 0 Å². The number of nitrogen functional groups attached to an aromatic ring is 1. The molecule has 0 aromatic heterocycles. The Hall–Kier alpha value is -1.36. The first-order chi connectivity index (χ1) is 7.84. The molecule has 6 nitrogen and oxygen atoms in total. The molecule has 0 bridgehead atoms. The summed E-state index contributed by atoms with van der Waals surface area (Å²) >= 11 is 0. The van der Waals surface area contributed by atoms with Crippen molar-refractivity contribution < 1.29 is 23.9 Å². The summed E-state index contributed by atoms with van der Waals surface area (Å²) in [4.78, 5) is 29.4. The van der Waals surface area contributed by atoms with Crippen molar-refractivity contribution in [2.75, 3.05) is 5.73 Å². The van der Waals surface area contributed by atoms with E-state index >= 15 is 0 Å². The van der Waals surface area contributed by atoms with Gasteiger partial charge in [0.2, 0.25) is 5.85 Å². The second kappa shape index (κ2) is 5.31. The van der Waals surface area contributed by atoms with Crippen LogP contribution in [-0.2, 0) is 9.30 Å². The zero-order valence-corrected chi connectivity index (χ0v) is 10.1. The van der Waals surface area contributed by atoms with Gasteiger partial charge in [0.1, 0.15) is 0 Å². The molecule has 0 saturated heterocycles. The van der Waals surface area contributed by atoms with E-state index in [1.54, 1.807) is 0 Å². The van der Waals surface area contributed by atoms with Crippen molar-refractivity contribution >= 4 is 19.3 Å². The van der Waals surface area contributed by atoms with Crippen molar-refractivity contribution in [3.05, 3.63) is 29.8 Å². The van der Waals surface area contributed by atoms with Gasteiger partial charge in [0.05, 0.1) is 5.56 Å². The summed E-state index contributed by atoms with van der Waals surface area (Å²) in [6.45, 7) is 1.53. The molecule has 1 atom stereocenters. The SMILES string of the molecule is CCC(OC(=O)c1ccc(N)cc1)P(=O)(O)O. The fraction of sp³-hybridized carbons (Fsp3) is 0.300. The number of ether oxygens (including phenoxy) is 1. The quantitative estimate of drug-likeness (QED) is 0.427. The van der Waals surface area contributed by atoms with Crippen LogP contribution in [0.1, 0.15) is 23.7 Å². The normalized spacial score (nSPS) is 13.1. The van der Waals surface area contributed by atoms with Crippen molar-refractivity contribution in [1.29, 1.82) is 0 Å². The summed E-state index contributed by atoms with van der Waals surface area (Å²) in [5, 5.41) is 0. The fourth-order valence-electron chi connectivity index (χ4n) is 1.20. The summed E-state index contributed by atoms with van der Waals surface area (Å²) in [5.74, 6) is -2.19. The van der Waals surface area contributed by atoms with E-state index in [1.807, 2.05) is 0 Å². The van der Waals surface area contributed by atoms with Crippen LogP contribution in [-0.4, -0.2) is 21.6 Å². The predicted octanol–water partition coefficient (Wildman–Crippen LogP) is 1.34. The van der Waals surface area contributed by atoms with Gasteiger partial charge in [0.15, 0.2) is 0 Å². The second-order valence-corrected chi connectivity index (χ2v) is 5.23. The van der Waals surface area contributed by atoms with Gasteiger partial charge in [-0.15, -0.1) is 0 Å². The number of hydrogen-bond acceptors (Lipinski definition) is 4. The average Bonchev–Trinajstić information content (AvgIpc) is 2.24. The van der Waals surface area contributed by atoms with Crippen molar-refractivity contribution in [2.24, 2.45) is 0 Å². The molecule has 0 aliphatic carbocycles. The van der Waals surface area contributed by atoms with Crippen LogP contribution >= 0.6 is 7.60 Å². The molecular formula is C10H14NO5P. The first-order valence-corrected chi connectivity index (χ1v) is 6.64. The fourth-order valence-corrected chi connectivity index (χ4v) is 1.91. The standard InChI is InChI=1S/C10H14NO5P/c1-2-9(17(13,14)15)16-10(12)7-3-5-8(11)6-4-7/h3-6,9H,2,11H2,1H3,(H2,13,14,15). The van der Waals surface area contributed by atoms with Crippen LogP contribution in [0.25, 0.3) is 0 Å². The van der Waals surface area contributed by atoms with E-state index in [9.17, 15) is 9.36 Å². The first kappa shape index (κ1) is 13.7. The highest BCUT2D eigenvalue weighted by Gasteiger charge is 2.31. The van der Waals surface area contributed by atoms with Crippen molar-refractivity contribution in [2.45, 2.75) is 19.2 Å². The van der Waals surface area contributed by atoms with Gasteiger partial charge in [-0.25, -0.2) is 4.79 Å². The van der Waals surface area contributed by atoms with Gasteiger partial charge in [0, 0.05) is 5.69 Å². The van der Waals surface area contributed by atoms with Gasteiger partial charge in [-0.3, -0.25) is 4.57 Å². The Labute approximate surface area is 98.6 Å². The highest BCUT2D eigenvalue weighted by Crippen LogP contribution is 2.43. The lowest BCUT2D eigenvalue weighted by molar-refractivity contribution is 0.0394. The van der Waals surface area contributed by atoms with Crippen LogP contribution in [0.5, 0.6) is 0 Å². The lowest BCUT2D eigenvalue weighted by Gasteiger charge is -2.17. The Balaban J connectivity index is 2.78. The minimum Gasteiger partial charge on any atom is -0.446 e. The molecule has 0 radical (unpaired) electrons. The Morgan fingerprint density at radius 3 is 2.35 bits per heavy atom. The summed E-state index contributed by atoms with van der Waals surface area (Å²) in [6, 6.07) is 5.89. The largest absolute Gasteiger partial charge is 0.446 e. The van der Waals surface area contributed by atoms with Crippen LogP contribution in [0, 0.1) is 0 Å². The third-order valence-electron chi connectivity index (χ3n) is 2.11. The summed E-state index contributed by atoms with van der Waals surface area (Å²) in [7, 11) is -4.43. The summed E-state index contributed by atoms with van der Waals surface area (Å²) < 4.78 is 15.7. The van der Waals surface area contributed by atoms with E-state index in [2.05, 4.69) is 0 Å². The van der Waals surface area contributed by atoms with E-state index in [0.717, 1.165) is 0 Å². The number of benzene rings is 1. The molecular weight excluding hydrogens is 245 g/mol. The van der Waals surface area contributed by atoms with Crippen molar-refractivity contribution in [3.8, 4) is 0 Å². The highest BCUT2D eigenvalue weighted by molar-refractivity contribution is 7.52. The molecule has 4 N–H and O–H groups in total. The lowest BCUT2D eigenvalue weighted by atomic mass is 10.2. The number of hydrogen-bond donors (Lipinski definition) is 3. The zero-order chi connectivity index (χ0) is 13.1. The Kier molecular flexibility index (Phi) is 4.28. The average molecular weight is 259 g/mol. The van der Waals surface area contributed by atoms with Gasteiger partial charge >= 0.3 is 13.6 Å². The monoisotopic (exact) mass is 259 g/mol. The Morgan fingerprint density at radius 1 is 1.41 bits per heavy atom. The molecule has 17 heavy (non-hydrogen) atoms. The molecule has 0 heterocycles. The number of rotatable bonds is 4. The molecule has 1 unspecified atom stereocenters. The number of carbonyl (C=O) groups is 1. The first-order valence-electron chi connectivity index (χ1n) is 4.96. The third kappa shape index (κ3) is 3.85. The molecule has 1 rings (SSSR count). The number of esters is 1. The second-order valence-electron chi connectivity index (χ2n) is 3.48. The van der Waals surface area contributed by atoms with Crippen LogP contribution in [0.3, 0.4) is 0 Å². The minimum absolute atomic E-state index is 0.0466. The molecule has 0 amide bonds. The molecule has 0 aliphatic rings. The number of carbonyl (C=O) groups excluding carboxylic acids is 1. The smallest absolute Gasteiger partial charge is 0.365 e. The Bertz CT molecular complexity index is 439. The zero-order valence-electron chi connectivity index (χ0n) is 9.24. The van der Waals surface area contributed by atoms with Gasteiger partial charge in [-0.1, -0.05) is 6.92 Å². The maximum absolute atomic E-state index is 11.6. The molecule has 1 aromatic rings. The van der Waals surface area contributed by atoms with E-state index in [1.165, 1.54) is 31.2 Å². The number of anilines is 1. The molecule has 94 valence electrons. The molecule has 0 spiro atoms. The topological polar surface area (TPSA) is 110 Å². The van der Waals surface area contributed by atoms with Crippen LogP contribution < -0.4 is 5.73 Å².